The molecule has 2 N–H and O–H groups in total. The van der Waals surface area contributed by atoms with Crippen molar-refractivity contribution in [1.82, 2.24) is 9.78 Å². The lowest BCUT2D eigenvalue weighted by Gasteiger charge is -2.19. The highest BCUT2D eigenvalue weighted by Crippen LogP contribution is 2.30. The maximum absolute atomic E-state index is 5.92. The topological polar surface area (TPSA) is 53.1 Å². The number of ether oxygens (including phenoxy) is 1. The van der Waals surface area contributed by atoms with Crippen LogP contribution in [-0.2, 0) is 11.3 Å². The Labute approximate surface area is 90.4 Å². The Morgan fingerprint density at radius 1 is 1.67 bits per heavy atom. The second kappa shape index (κ2) is 3.52. The minimum Gasteiger partial charge on any atom is -0.382 e. The lowest BCUT2D eigenvalue weighted by atomic mass is 10.1. The summed E-state index contributed by atoms with van der Waals surface area (Å²) in [5, 5.41) is 4.24. The summed E-state index contributed by atoms with van der Waals surface area (Å²) in [5.74, 6) is 0.588. The van der Waals surface area contributed by atoms with E-state index in [1.54, 1.807) is 0 Å². The highest BCUT2D eigenvalue weighted by atomic mass is 16.5. The van der Waals surface area contributed by atoms with E-state index in [4.69, 9.17) is 10.5 Å². The summed E-state index contributed by atoms with van der Waals surface area (Å²) >= 11 is 0. The molecule has 0 bridgehead atoms. The van der Waals surface area contributed by atoms with E-state index >= 15 is 0 Å². The molecule has 2 rings (SSSR count). The van der Waals surface area contributed by atoms with Crippen LogP contribution in [0.25, 0.3) is 0 Å². The number of aromatic nitrogens is 2. The molecule has 4 heteroatoms. The summed E-state index contributed by atoms with van der Waals surface area (Å²) in [5.41, 5.74) is 6.76. The molecule has 1 aliphatic heterocycles. The highest BCUT2D eigenvalue weighted by molar-refractivity contribution is 5.28. The molecule has 0 spiro atoms. The van der Waals surface area contributed by atoms with Crippen LogP contribution in [0.15, 0.2) is 6.07 Å². The number of nitrogen functional groups attached to an aromatic ring is 1. The van der Waals surface area contributed by atoms with Crippen molar-refractivity contribution < 1.29 is 4.74 Å². The van der Waals surface area contributed by atoms with E-state index in [1.165, 1.54) is 0 Å². The van der Waals surface area contributed by atoms with Crippen LogP contribution in [0.4, 0.5) is 5.82 Å². The minimum atomic E-state index is 0.0251. The Bertz CT molecular complexity index is 357. The van der Waals surface area contributed by atoms with Gasteiger partial charge in [0.05, 0.1) is 18.2 Å². The maximum atomic E-state index is 5.92. The lowest BCUT2D eigenvalue weighted by molar-refractivity contribution is -0.0231. The Kier molecular flexibility index (Phi) is 2.46. The zero-order valence-corrected chi connectivity index (χ0v) is 9.66. The predicted octanol–water partition coefficient (Wildman–Crippen LogP) is 1.73. The van der Waals surface area contributed by atoms with Gasteiger partial charge in [0.15, 0.2) is 0 Å². The molecule has 1 atom stereocenters. The maximum Gasteiger partial charge on any atom is 0.145 e. The van der Waals surface area contributed by atoms with Crippen LogP contribution >= 0.6 is 0 Å². The lowest BCUT2D eigenvalue weighted by Crippen LogP contribution is -2.23. The number of rotatable bonds is 2. The van der Waals surface area contributed by atoms with Crippen molar-refractivity contribution in [3.8, 4) is 0 Å². The SMILES string of the molecule is Cc1cc(N)nn1CC1CCC(C)(C)O1. The Morgan fingerprint density at radius 3 is 2.87 bits per heavy atom. The van der Waals surface area contributed by atoms with E-state index in [0.717, 1.165) is 25.1 Å². The summed E-state index contributed by atoms with van der Waals surface area (Å²) < 4.78 is 7.85. The van der Waals surface area contributed by atoms with Crippen LogP contribution < -0.4 is 5.73 Å². The summed E-state index contributed by atoms with van der Waals surface area (Å²) in [6.07, 6.45) is 2.50. The van der Waals surface area contributed by atoms with Gasteiger partial charge in [-0.25, -0.2) is 0 Å². The molecule has 1 aromatic heterocycles. The summed E-state index contributed by atoms with van der Waals surface area (Å²) in [6.45, 7) is 7.10. The second-order valence-electron chi connectivity index (χ2n) is 4.93. The Morgan fingerprint density at radius 2 is 2.40 bits per heavy atom. The van der Waals surface area contributed by atoms with E-state index in [2.05, 4.69) is 18.9 Å². The number of hydrogen-bond acceptors (Lipinski definition) is 3. The van der Waals surface area contributed by atoms with Crippen LogP contribution in [0.3, 0.4) is 0 Å². The predicted molar refractivity (Wildman–Crippen MR) is 59.6 cm³/mol. The number of nitrogens with zero attached hydrogens (tertiary/aromatic N) is 2. The standard InChI is InChI=1S/C11H19N3O/c1-8-6-10(12)13-14(8)7-9-4-5-11(2,3)15-9/h6,9H,4-5,7H2,1-3H3,(H2,12,13). The first-order valence-electron chi connectivity index (χ1n) is 5.44. The molecule has 0 aromatic carbocycles. The van der Waals surface area contributed by atoms with Crippen molar-refractivity contribution in [3.05, 3.63) is 11.8 Å². The average Bonchev–Trinajstić information content (AvgIpc) is 2.57. The quantitative estimate of drug-likeness (QED) is 0.807. The number of anilines is 1. The van der Waals surface area contributed by atoms with Gasteiger partial charge in [0.2, 0.25) is 0 Å². The molecular formula is C11H19N3O. The smallest absolute Gasteiger partial charge is 0.145 e. The van der Waals surface area contributed by atoms with Gasteiger partial charge in [-0.05, 0) is 33.6 Å². The van der Waals surface area contributed by atoms with Crippen molar-refractivity contribution in [2.75, 3.05) is 5.73 Å². The summed E-state index contributed by atoms with van der Waals surface area (Å²) in [7, 11) is 0. The number of hydrogen-bond donors (Lipinski definition) is 1. The Hall–Kier alpha value is -1.03. The highest BCUT2D eigenvalue weighted by Gasteiger charge is 2.31. The molecular weight excluding hydrogens is 190 g/mol. The second-order valence-corrected chi connectivity index (χ2v) is 4.93. The van der Waals surface area contributed by atoms with Gasteiger partial charge in [-0.3, -0.25) is 4.68 Å². The zero-order valence-electron chi connectivity index (χ0n) is 9.66. The molecule has 1 aliphatic rings. The van der Waals surface area contributed by atoms with E-state index < -0.39 is 0 Å². The molecule has 84 valence electrons. The molecule has 2 heterocycles. The van der Waals surface area contributed by atoms with Crippen LogP contribution in [-0.4, -0.2) is 21.5 Å². The van der Waals surface area contributed by atoms with E-state index in [1.807, 2.05) is 17.7 Å². The van der Waals surface area contributed by atoms with Gasteiger partial charge in [-0.2, -0.15) is 5.10 Å². The summed E-state index contributed by atoms with van der Waals surface area (Å²) in [4.78, 5) is 0. The van der Waals surface area contributed by atoms with Crippen LogP contribution in [0.2, 0.25) is 0 Å². The largest absolute Gasteiger partial charge is 0.382 e. The molecule has 0 radical (unpaired) electrons. The molecule has 1 aromatic rings. The summed E-state index contributed by atoms with van der Waals surface area (Å²) in [6, 6.07) is 1.89. The molecule has 1 unspecified atom stereocenters. The van der Waals surface area contributed by atoms with Crippen molar-refractivity contribution in [2.24, 2.45) is 0 Å². The van der Waals surface area contributed by atoms with Crippen LogP contribution in [0.5, 0.6) is 0 Å². The van der Waals surface area contributed by atoms with E-state index in [9.17, 15) is 0 Å². The molecule has 0 amide bonds. The van der Waals surface area contributed by atoms with E-state index in [0.29, 0.717) is 5.82 Å². The fourth-order valence-electron chi connectivity index (χ4n) is 2.12. The molecule has 4 nitrogen and oxygen atoms in total. The van der Waals surface area contributed by atoms with Crippen molar-refractivity contribution >= 4 is 5.82 Å². The average molecular weight is 209 g/mol. The third-order valence-corrected chi connectivity index (χ3v) is 2.93. The van der Waals surface area contributed by atoms with Gasteiger partial charge in [-0.1, -0.05) is 0 Å². The van der Waals surface area contributed by atoms with Gasteiger partial charge in [0, 0.05) is 11.8 Å². The van der Waals surface area contributed by atoms with Crippen molar-refractivity contribution in [3.63, 3.8) is 0 Å². The molecule has 0 aliphatic carbocycles. The fourth-order valence-corrected chi connectivity index (χ4v) is 2.12. The fraction of sp³-hybridized carbons (Fsp3) is 0.727. The minimum absolute atomic E-state index is 0.0251. The number of aryl methyl sites for hydroxylation is 1. The van der Waals surface area contributed by atoms with Gasteiger partial charge in [-0.15, -0.1) is 0 Å². The molecule has 15 heavy (non-hydrogen) atoms. The Balaban J connectivity index is 2.01. The first-order chi connectivity index (χ1) is 6.96. The van der Waals surface area contributed by atoms with Gasteiger partial charge < -0.3 is 10.5 Å². The number of nitrogens with two attached hydrogens (primary N) is 1. The first-order valence-corrected chi connectivity index (χ1v) is 5.44. The van der Waals surface area contributed by atoms with Gasteiger partial charge >= 0.3 is 0 Å². The third-order valence-electron chi connectivity index (χ3n) is 2.93. The normalized spacial score (nSPS) is 24.6. The van der Waals surface area contributed by atoms with Crippen LogP contribution in [0, 0.1) is 6.92 Å². The molecule has 1 saturated heterocycles. The van der Waals surface area contributed by atoms with Crippen molar-refractivity contribution in [1.29, 1.82) is 0 Å². The monoisotopic (exact) mass is 209 g/mol. The molecule has 1 fully saturated rings. The van der Waals surface area contributed by atoms with Gasteiger partial charge in [0.25, 0.3) is 0 Å². The van der Waals surface area contributed by atoms with Gasteiger partial charge in [0.1, 0.15) is 5.82 Å². The van der Waals surface area contributed by atoms with E-state index in [-0.39, 0.29) is 11.7 Å². The van der Waals surface area contributed by atoms with Crippen molar-refractivity contribution in [2.45, 2.75) is 51.9 Å². The zero-order chi connectivity index (χ0) is 11.1. The molecule has 0 saturated carbocycles. The van der Waals surface area contributed by atoms with Crippen LogP contribution in [0.1, 0.15) is 32.4 Å². The first kappa shape index (κ1) is 10.5. The third kappa shape index (κ3) is 2.31.